The predicted octanol–water partition coefficient (Wildman–Crippen LogP) is 0.201. The Bertz CT molecular complexity index is 299. The molecule has 0 aromatic rings. The average molecular weight is 241 g/mol. The van der Waals surface area contributed by atoms with Crippen molar-refractivity contribution in [2.75, 3.05) is 19.6 Å². The van der Waals surface area contributed by atoms with Crippen LogP contribution in [-0.4, -0.2) is 47.6 Å². The van der Waals surface area contributed by atoms with Gasteiger partial charge in [0.1, 0.15) is 0 Å². The summed E-state index contributed by atoms with van der Waals surface area (Å²) in [7, 11) is 0. The van der Waals surface area contributed by atoms with Crippen molar-refractivity contribution in [3.63, 3.8) is 0 Å². The minimum atomic E-state index is -0.949. The van der Waals surface area contributed by atoms with Crippen molar-refractivity contribution in [3.05, 3.63) is 0 Å². The number of carbonyl (C=O) groups is 2. The fourth-order valence-electron chi connectivity index (χ4n) is 1.30. The van der Waals surface area contributed by atoms with Crippen molar-refractivity contribution >= 4 is 11.9 Å². The zero-order valence-corrected chi connectivity index (χ0v) is 10.3. The molecule has 6 nitrogen and oxygen atoms in total. The lowest BCUT2D eigenvalue weighted by atomic mass is 10.2. The summed E-state index contributed by atoms with van der Waals surface area (Å²) in [6, 6.07) is 1.96. The van der Waals surface area contributed by atoms with Crippen LogP contribution in [-0.2, 0) is 9.59 Å². The van der Waals surface area contributed by atoms with Gasteiger partial charge in [0.25, 0.3) is 0 Å². The van der Waals surface area contributed by atoms with Crippen LogP contribution in [0, 0.1) is 11.3 Å². The molecule has 0 saturated heterocycles. The monoisotopic (exact) mass is 241 g/mol. The van der Waals surface area contributed by atoms with Crippen molar-refractivity contribution in [1.29, 1.82) is 5.26 Å². The molecule has 0 bridgehead atoms. The van der Waals surface area contributed by atoms with Crippen molar-refractivity contribution in [3.8, 4) is 6.07 Å². The molecule has 0 aromatic carbocycles. The smallest absolute Gasteiger partial charge is 0.317 e. The molecule has 0 spiro atoms. The number of hydrogen-bond acceptors (Lipinski definition) is 4. The molecule has 0 rings (SSSR count). The minimum Gasteiger partial charge on any atom is -0.480 e. The summed E-state index contributed by atoms with van der Waals surface area (Å²) >= 11 is 0. The Balaban J connectivity index is 4.18. The SMILES string of the molecule is CCC(C)N(CC(=O)O)CC(=O)NCCC#N. The summed E-state index contributed by atoms with van der Waals surface area (Å²) in [5.41, 5.74) is 0. The van der Waals surface area contributed by atoms with Gasteiger partial charge in [-0.25, -0.2) is 0 Å². The maximum Gasteiger partial charge on any atom is 0.317 e. The van der Waals surface area contributed by atoms with E-state index in [1.54, 1.807) is 4.90 Å². The third-order valence-corrected chi connectivity index (χ3v) is 2.46. The molecule has 0 fully saturated rings. The Morgan fingerprint density at radius 1 is 1.47 bits per heavy atom. The van der Waals surface area contributed by atoms with Crippen LogP contribution in [0.2, 0.25) is 0 Å². The highest BCUT2D eigenvalue weighted by atomic mass is 16.4. The van der Waals surface area contributed by atoms with E-state index in [2.05, 4.69) is 5.32 Å². The largest absolute Gasteiger partial charge is 0.480 e. The van der Waals surface area contributed by atoms with Gasteiger partial charge < -0.3 is 10.4 Å². The lowest BCUT2D eigenvalue weighted by Crippen LogP contribution is -2.44. The molecular formula is C11H19N3O3. The van der Waals surface area contributed by atoms with Gasteiger partial charge in [0, 0.05) is 12.6 Å². The van der Waals surface area contributed by atoms with E-state index >= 15 is 0 Å². The van der Waals surface area contributed by atoms with Crippen LogP contribution < -0.4 is 5.32 Å². The molecule has 1 amide bonds. The van der Waals surface area contributed by atoms with E-state index in [1.807, 2.05) is 19.9 Å². The van der Waals surface area contributed by atoms with Crippen LogP contribution in [0.15, 0.2) is 0 Å². The molecule has 0 aromatic heterocycles. The maximum absolute atomic E-state index is 11.5. The van der Waals surface area contributed by atoms with E-state index in [-0.39, 0.29) is 31.5 Å². The number of rotatable bonds is 8. The minimum absolute atomic E-state index is 0.0350. The highest BCUT2D eigenvalue weighted by molar-refractivity contribution is 5.79. The molecule has 6 heteroatoms. The van der Waals surface area contributed by atoms with Crippen LogP contribution in [0.25, 0.3) is 0 Å². The Hall–Kier alpha value is -1.61. The number of nitrogens with zero attached hydrogens (tertiary/aromatic N) is 2. The number of aliphatic carboxylic acids is 1. The summed E-state index contributed by atoms with van der Waals surface area (Å²) in [6.45, 7) is 4.02. The van der Waals surface area contributed by atoms with Crippen molar-refractivity contribution in [2.45, 2.75) is 32.7 Å². The van der Waals surface area contributed by atoms with Gasteiger partial charge in [-0.1, -0.05) is 6.92 Å². The van der Waals surface area contributed by atoms with Gasteiger partial charge in [0.2, 0.25) is 5.91 Å². The molecule has 17 heavy (non-hydrogen) atoms. The number of amides is 1. The van der Waals surface area contributed by atoms with Crippen LogP contribution >= 0.6 is 0 Å². The second-order valence-electron chi connectivity index (χ2n) is 3.81. The van der Waals surface area contributed by atoms with Gasteiger partial charge in [-0.2, -0.15) is 5.26 Å². The van der Waals surface area contributed by atoms with Crippen LogP contribution in [0.1, 0.15) is 26.7 Å². The third-order valence-electron chi connectivity index (χ3n) is 2.46. The van der Waals surface area contributed by atoms with E-state index < -0.39 is 5.97 Å². The number of carboxylic acids is 1. The zero-order chi connectivity index (χ0) is 13.3. The first-order valence-electron chi connectivity index (χ1n) is 5.60. The molecule has 96 valence electrons. The summed E-state index contributed by atoms with van der Waals surface area (Å²) in [5.74, 6) is -1.20. The quantitative estimate of drug-likeness (QED) is 0.592. The van der Waals surface area contributed by atoms with Gasteiger partial charge in [0.15, 0.2) is 0 Å². The topological polar surface area (TPSA) is 93.4 Å². The van der Waals surface area contributed by atoms with Crippen molar-refractivity contribution in [2.24, 2.45) is 0 Å². The molecule has 0 aliphatic heterocycles. The summed E-state index contributed by atoms with van der Waals surface area (Å²) < 4.78 is 0. The number of hydrogen-bond donors (Lipinski definition) is 2. The normalized spacial score (nSPS) is 11.9. The first-order valence-corrected chi connectivity index (χ1v) is 5.60. The Labute approximate surface area is 101 Å². The third kappa shape index (κ3) is 7.30. The van der Waals surface area contributed by atoms with Crippen LogP contribution in [0.4, 0.5) is 0 Å². The van der Waals surface area contributed by atoms with E-state index in [0.29, 0.717) is 6.54 Å². The first kappa shape index (κ1) is 15.4. The Morgan fingerprint density at radius 2 is 2.12 bits per heavy atom. The molecule has 1 unspecified atom stereocenters. The number of nitriles is 1. The van der Waals surface area contributed by atoms with Gasteiger partial charge in [-0.3, -0.25) is 14.5 Å². The maximum atomic E-state index is 11.5. The molecule has 0 aliphatic rings. The molecule has 0 saturated carbocycles. The first-order chi connectivity index (χ1) is 8.01. The summed E-state index contributed by atoms with van der Waals surface area (Å²) in [6.07, 6.45) is 1.03. The fourth-order valence-corrected chi connectivity index (χ4v) is 1.30. The van der Waals surface area contributed by atoms with Gasteiger partial charge in [0.05, 0.1) is 25.6 Å². The Kier molecular flexibility index (Phi) is 7.72. The van der Waals surface area contributed by atoms with E-state index in [0.717, 1.165) is 6.42 Å². The lowest BCUT2D eigenvalue weighted by Gasteiger charge is -2.25. The standard InChI is InChI=1S/C11H19N3O3/c1-3-9(2)14(8-11(16)17)7-10(15)13-6-4-5-12/h9H,3-4,6-8H2,1-2H3,(H,13,15)(H,16,17). The number of nitrogens with one attached hydrogen (secondary N) is 1. The second kappa shape index (κ2) is 8.53. The summed E-state index contributed by atoms with van der Waals surface area (Å²) in [5, 5.41) is 19.6. The number of carbonyl (C=O) groups excluding carboxylic acids is 1. The van der Waals surface area contributed by atoms with E-state index in [9.17, 15) is 9.59 Å². The highest BCUT2D eigenvalue weighted by Gasteiger charge is 2.18. The second-order valence-corrected chi connectivity index (χ2v) is 3.81. The van der Waals surface area contributed by atoms with Crippen molar-refractivity contribution in [1.82, 2.24) is 10.2 Å². The van der Waals surface area contributed by atoms with Crippen molar-refractivity contribution < 1.29 is 14.7 Å². The lowest BCUT2D eigenvalue weighted by molar-refractivity contribution is -0.139. The van der Waals surface area contributed by atoms with E-state index in [1.165, 1.54) is 0 Å². The predicted molar refractivity (Wildman–Crippen MR) is 62.2 cm³/mol. The van der Waals surface area contributed by atoms with Crippen LogP contribution in [0.3, 0.4) is 0 Å². The molecular weight excluding hydrogens is 222 g/mol. The van der Waals surface area contributed by atoms with Crippen LogP contribution in [0.5, 0.6) is 0 Å². The molecule has 2 N–H and O–H groups in total. The fraction of sp³-hybridized carbons (Fsp3) is 0.727. The Morgan fingerprint density at radius 3 is 2.59 bits per heavy atom. The van der Waals surface area contributed by atoms with Gasteiger partial charge in [-0.05, 0) is 13.3 Å². The van der Waals surface area contributed by atoms with Gasteiger partial charge in [-0.15, -0.1) is 0 Å². The zero-order valence-electron chi connectivity index (χ0n) is 10.3. The molecule has 0 radical (unpaired) electrons. The van der Waals surface area contributed by atoms with E-state index in [4.69, 9.17) is 10.4 Å². The molecule has 0 aliphatic carbocycles. The molecule has 1 atom stereocenters. The number of carboxylic acid groups (broad SMARTS) is 1. The highest BCUT2D eigenvalue weighted by Crippen LogP contribution is 2.02. The van der Waals surface area contributed by atoms with Gasteiger partial charge >= 0.3 is 5.97 Å². The molecule has 0 heterocycles. The summed E-state index contributed by atoms with van der Waals surface area (Å²) in [4.78, 5) is 23.7. The average Bonchev–Trinajstić information content (AvgIpc) is 2.27.